The van der Waals surface area contributed by atoms with E-state index in [9.17, 15) is 4.79 Å². The van der Waals surface area contributed by atoms with Gasteiger partial charge < -0.3 is 19.5 Å². The predicted octanol–water partition coefficient (Wildman–Crippen LogP) is 5.08. The van der Waals surface area contributed by atoms with Gasteiger partial charge in [0.15, 0.2) is 16.6 Å². The lowest BCUT2D eigenvalue weighted by Gasteiger charge is -2.14. The Kier molecular flexibility index (Phi) is 6.57. The summed E-state index contributed by atoms with van der Waals surface area (Å²) >= 11 is 3.61. The number of hydrogen-bond acceptors (Lipinski definition) is 6. The molecule has 146 valence electrons. The average molecular weight is 511 g/mol. The minimum atomic E-state index is -0.419. The van der Waals surface area contributed by atoms with Crippen molar-refractivity contribution < 1.29 is 19.0 Å². The molecule has 0 aliphatic rings. The molecule has 1 heterocycles. The smallest absolute Gasteiger partial charge is 0.325 e. The van der Waals surface area contributed by atoms with Crippen LogP contribution in [0.2, 0.25) is 0 Å². The predicted molar refractivity (Wildman–Crippen MR) is 119 cm³/mol. The maximum Gasteiger partial charge on any atom is 0.325 e. The highest BCUT2D eigenvalue weighted by atomic mass is 127. The van der Waals surface area contributed by atoms with E-state index in [-0.39, 0.29) is 0 Å². The molecule has 0 bridgehead atoms. The third-order valence-corrected chi connectivity index (χ3v) is 5.26. The van der Waals surface area contributed by atoms with Crippen LogP contribution in [0.1, 0.15) is 0 Å². The Bertz CT molecular complexity index is 951. The van der Waals surface area contributed by atoms with E-state index in [0.717, 1.165) is 14.8 Å². The fourth-order valence-electron chi connectivity index (χ4n) is 2.50. The number of anilines is 2. The highest BCUT2D eigenvalue weighted by molar-refractivity contribution is 14.1. The number of hydrogen-bond donors (Lipinski definition) is 2. The molecule has 0 saturated carbocycles. The van der Waals surface area contributed by atoms with E-state index in [1.807, 2.05) is 29.6 Å². The minimum absolute atomic E-state index is 0.419. The first kappa shape index (κ1) is 20.2. The Morgan fingerprint density at radius 1 is 1.00 bits per heavy atom. The maximum atomic E-state index is 12.4. The molecule has 9 heteroatoms. The lowest BCUT2D eigenvalue weighted by molar-refractivity contribution is 0.262. The van der Waals surface area contributed by atoms with Crippen LogP contribution in [0, 0.1) is 3.57 Å². The Labute approximate surface area is 180 Å². The Balaban J connectivity index is 1.72. The van der Waals surface area contributed by atoms with Crippen LogP contribution in [0.15, 0.2) is 41.8 Å². The molecule has 2 amide bonds. The number of carbonyl (C=O) groups excluding carboxylic acids is 1. The summed E-state index contributed by atoms with van der Waals surface area (Å²) in [7, 11) is 4.56. The molecule has 0 saturated heterocycles. The van der Waals surface area contributed by atoms with Gasteiger partial charge in [0.05, 0.1) is 32.7 Å². The van der Waals surface area contributed by atoms with Crippen LogP contribution < -0.4 is 24.8 Å². The van der Waals surface area contributed by atoms with E-state index in [2.05, 4.69) is 38.2 Å². The second-order valence-corrected chi connectivity index (χ2v) is 7.64. The number of halogens is 1. The molecule has 1 aromatic heterocycles. The van der Waals surface area contributed by atoms with Crippen molar-refractivity contribution >= 4 is 50.8 Å². The molecule has 0 aliphatic carbocycles. The van der Waals surface area contributed by atoms with Gasteiger partial charge in [-0.1, -0.05) is 12.1 Å². The van der Waals surface area contributed by atoms with Gasteiger partial charge >= 0.3 is 6.03 Å². The van der Waals surface area contributed by atoms with Gasteiger partial charge in [-0.3, -0.25) is 5.32 Å². The number of urea groups is 1. The van der Waals surface area contributed by atoms with Gasteiger partial charge in [0.25, 0.3) is 0 Å². The summed E-state index contributed by atoms with van der Waals surface area (Å²) in [6.07, 6.45) is 0. The molecular formula is C19H18IN3O4S. The van der Waals surface area contributed by atoms with Crippen molar-refractivity contribution in [2.45, 2.75) is 0 Å². The normalized spacial score (nSPS) is 10.3. The highest BCUT2D eigenvalue weighted by Crippen LogP contribution is 2.40. The monoisotopic (exact) mass is 511 g/mol. The second-order valence-electron chi connectivity index (χ2n) is 5.54. The summed E-state index contributed by atoms with van der Waals surface area (Å²) in [6, 6.07) is 10.9. The van der Waals surface area contributed by atoms with Gasteiger partial charge in [0.2, 0.25) is 5.75 Å². The Hall–Kier alpha value is -2.53. The van der Waals surface area contributed by atoms with Crippen molar-refractivity contribution in [3.05, 3.63) is 45.3 Å². The van der Waals surface area contributed by atoms with Crippen LogP contribution in [0.3, 0.4) is 0 Å². The van der Waals surface area contributed by atoms with E-state index in [0.29, 0.717) is 28.1 Å². The molecule has 28 heavy (non-hydrogen) atoms. The number of methoxy groups -OCH3 is 3. The SMILES string of the molecule is COc1cc(NC(=O)Nc2nc(-c3ccc(I)cc3)cs2)cc(OC)c1OC. The van der Waals surface area contributed by atoms with Gasteiger partial charge in [-0.05, 0) is 34.7 Å². The van der Waals surface area contributed by atoms with Crippen LogP contribution in [0.25, 0.3) is 11.3 Å². The first-order valence-corrected chi connectivity index (χ1v) is 10.1. The summed E-state index contributed by atoms with van der Waals surface area (Å²) in [5, 5.41) is 7.88. The van der Waals surface area contributed by atoms with Crippen LogP contribution in [-0.4, -0.2) is 32.3 Å². The summed E-state index contributed by atoms with van der Waals surface area (Å²) in [4.78, 5) is 16.8. The van der Waals surface area contributed by atoms with Crippen LogP contribution >= 0.6 is 33.9 Å². The molecule has 3 aromatic rings. The molecule has 0 unspecified atom stereocenters. The number of ether oxygens (including phenoxy) is 3. The second kappa shape index (κ2) is 9.11. The number of rotatable bonds is 6. The molecule has 2 aromatic carbocycles. The summed E-state index contributed by atoms with van der Waals surface area (Å²) < 4.78 is 17.0. The van der Waals surface area contributed by atoms with Crippen LogP contribution in [0.5, 0.6) is 17.2 Å². The fourth-order valence-corrected chi connectivity index (χ4v) is 3.57. The van der Waals surface area contributed by atoms with Crippen molar-refractivity contribution in [2.75, 3.05) is 32.0 Å². The first-order valence-electron chi connectivity index (χ1n) is 8.13. The van der Waals surface area contributed by atoms with E-state index >= 15 is 0 Å². The van der Waals surface area contributed by atoms with Crippen molar-refractivity contribution in [2.24, 2.45) is 0 Å². The number of thiazole rings is 1. The molecule has 0 atom stereocenters. The molecule has 3 rings (SSSR count). The van der Waals surface area contributed by atoms with E-state index in [1.165, 1.54) is 32.7 Å². The molecule has 7 nitrogen and oxygen atoms in total. The van der Waals surface area contributed by atoms with Crippen LogP contribution in [0.4, 0.5) is 15.6 Å². The lowest BCUT2D eigenvalue weighted by Crippen LogP contribution is -2.19. The number of benzene rings is 2. The van der Waals surface area contributed by atoms with Crippen molar-refractivity contribution in [3.8, 4) is 28.5 Å². The van der Waals surface area contributed by atoms with Crippen LogP contribution in [-0.2, 0) is 0 Å². The molecule has 0 spiro atoms. The van der Waals surface area contributed by atoms with Crippen molar-refractivity contribution in [1.29, 1.82) is 0 Å². The van der Waals surface area contributed by atoms with Gasteiger partial charge in [-0.15, -0.1) is 11.3 Å². The van der Waals surface area contributed by atoms with E-state index < -0.39 is 6.03 Å². The molecule has 0 radical (unpaired) electrons. The summed E-state index contributed by atoms with van der Waals surface area (Å²) in [6.45, 7) is 0. The Morgan fingerprint density at radius 2 is 1.64 bits per heavy atom. The zero-order valence-corrected chi connectivity index (χ0v) is 18.4. The number of amides is 2. The quantitative estimate of drug-likeness (QED) is 0.451. The third-order valence-electron chi connectivity index (χ3n) is 3.79. The topological polar surface area (TPSA) is 81.7 Å². The number of carbonyl (C=O) groups is 1. The molecule has 0 aliphatic heterocycles. The minimum Gasteiger partial charge on any atom is -0.493 e. The summed E-state index contributed by atoms with van der Waals surface area (Å²) in [5.74, 6) is 1.36. The molecular weight excluding hydrogens is 493 g/mol. The zero-order valence-electron chi connectivity index (χ0n) is 15.4. The van der Waals surface area contributed by atoms with E-state index in [1.54, 1.807) is 12.1 Å². The fraction of sp³-hybridized carbons (Fsp3) is 0.158. The number of nitrogens with one attached hydrogen (secondary N) is 2. The van der Waals surface area contributed by atoms with Gasteiger partial charge in [0, 0.05) is 26.6 Å². The maximum absolute atomic E-state index is 12.4. The largest absolute Gasteiger partial charge is 0.493 e. The first-order chi connectivity index (χ1) is 13.5. The number of nitrogens with zero attached hydrogens (tertiary/aromatic N) is 1. The number of aromatic nitrogens is 1. The highest BCUT2D eigenvalue weighted by Gasteiger charge is 2.15. The lowest BCUT2D eigenvalue weighted by atomic mass is 10.2. The van der Waals surface area contributed by atoms with E-state index in [4.69, 9.17) is 14.2 Å². The molecule has 2 N–H and O–H groups in total. The van der Waals surface area contributed by atoms with Gasteiger partial charge in [-0.2, -0.15) is 0 Å². The molecule has 0 fully saturated rings. The zero-order chi connectivity index (χ0) is 20.1. The van der Waals surface area contributed by atoms with Gasteiger partial charge in [-0.25, -0.2) is 9.78 Å². The summed E-state index contributed by atoms with van der Waals surface area (Å²) in [5.41, 5.74) is 2.31. The van der Waals surface area contributed by atoms with Crippen molar-refractivity contribution in [1.82, 2.24) is 4.98 Å². The van der Waals surface area contributed by atoms with Gasteiger partial charge in [0.1, 0.15) is 0 Å². The third kappa shape index (κ3) is 4.65. The standard InChI is InChI=1S/C19H18IN3O4S/c1-25-15-8-13(9-16(26-2)17(15)27-3)21-18(24)23-19-22-14(10-28-19)11-4-6-12(20)7-5-11/h4-10H,1-3H3,(H2,21,22,23,24). The average Bonchev–Trinajstić information content (AvgIpc) is 3.15. The Morgan fingerprint density at radius 3 is 2.21 bits per heavy atom. The van der Waals surface area contributed by atoms with Crippen molar-refractivity contribution in [3.63, 3.8) is 0 Å².